The van der Waals surface area contributed by atoms with E-state index in [2.05, 4.69) is 31.2 Å². The smallest absolute Gasteiger partial charge is 0.161 e. The van der Waals surface area contributed by atoms with E-state index >= 15 is 0 Å². The number of aromatic nitrogens is 2. The van der Waals surface area contributed by atoms with Gasteiger partial charge in [-0.3, -0.25) is 4.68 Å². The van der Waals surface area contributed by atoms with Crippen LogP contribution in [0, 0.1) is 0 Å². The molecular formula is C14H27N3O2. The maximum Gasteiger partial charge on any atom is 0.161 e. The Morgan fingerprint density at radius 3 is 2.63 bits per heavy atom. The summed E-state index contributed by atoms with van der Waals surface area (Å²) in [7, 11) is 3.42. The Labute approximate surface area is 116 Å². The van der Waals surface area contributed by atoms with Crippen LogP contribution in [-0.4, -0.2) is 37.2 Å². The van der Waals surface area contributed by atoms with Crippen LogP contribution in [0.1, 0.15) is 51.4 Å². The predicted octanol–water partition coefficient (Wildman–Crippen LogP) is 2.55. The molecule has 0 fully saturated rings. The van der Waals surface area contributed by atoms with Crippen molar-refractivity contribution in [2.75, 3.05) is 27.4 Å². The number of rotatable bonds is 9. The SMILES string of the molecule is CCCNC(CCOC)c1c(OC)cnn1C(C)C. The molecule has 1 unspecified atom stereocenters. The van der Waals surface area contributed by atoms with Gasteiger partial charge in [-0.25, -0.2) is 0 Å². The van der Waals surface area contributed by atoms with Crippen LogP contribution < -0.4 is 10.1 Å². The van der Waals surface area contributed by atoms with Gasteiger partial charge in [-0.15, -0.1) is 0 Å². The second kappa shape index (κ2) is 8.17. The highest BCUT2D eigenvalue weighted by Gasteiger charge is 2.22. The van der Waals surface area contributed by atoms with E-state index in [1.165, 1.54) is 0 Å². The van der Waals surface area contributed by atoms with E-state index in [4.69, 9.17) is 9.47 Å². The van der Waals surface area contributed by atoms with E-state index in [-0.39, 0.29) is 6.04 Å². The van der Waals surface area contributed by atoms with Gasteiger partial charge in [-0.05, 0) is 33.2 Å². The minimum atomic E-state index is 0.208. The Balaban J connectivity index is 2.99. The molecule has 1 rings (SSSR count). The molecule has 0 radical (unpaired) electrons. The van der Waals surface area contributed by atoms with E-state index in [1.807, 2.05) is 4.68 Å². The highest BCUT2D eigenvalue weighted by molar-refractivity contribution is 5.28. The Morgan fingerprint density at radius 1 is 1.37 bits per heavy atom. The van der Waals surface area contributed by atoms with Crippen molar-refractivity contribution < 1.29 is 9.47 Å². The van der Waals surface area contributed by atoms with Crippen LogP contribution in [0.2, 0.25) is 0 Å². The van der Waals surface area contributed by atoms with Crippen LogP contribution in [-0.2, 0) is 4.74 Å². The molecule has 0 spiro atoms. The van der Waals surface area contributed by atoms with Gasteiger partial charge in [0, 0.05) is 19.8 Å². The zero-order chi connectivity index (χ0) is 14.3. The molecule has 1 heterocycles. The molecule has 0 aliphatic heterocycles. The van der Waals surface area contributed by atoms with Crippen molar-refractivity contribution >= 4 is 0 Å². The monoisotopic (exact) mass is 269 g/mol. The van der Waals surface area contributed by atoms with Crippen LogP contribution in [0.15, 0.2) is 6.20 Å². The lowest BCUT2D eigenvalue weighted by Crippen LogP contribution is -2.27. The lowest BCUT2D eigenvalue weighted by atomic mass is 10.1. The number of methoxy groups -OCH3 is 2. The van der Waals surface area contributed by atoms with Gasteiger partial charge < -0.3 is 14.8 Å². The van der Waals surface area contributed by atoms with Gasteiger partial charge >= 0.3 is 0 Å². The van der Waals surface area contributed by atoms with E-state index in [9.17, 15) is 0 Å². The Hall–Kier alpha value is -1.07. The summed E-state index contributed by atoms with van der Waals surface area (Å²) in [5.41, 5.74) is 1.11. The first-order chi connectivity index (χ1) is 9.15. The highest BCUT2D eigenvalue weighted by atomic mass is 16.5. The largest absolute Gasteiger partial charge is 0.493 e. The van der Waals surface area contributed by atoms with Crippen molar-refractivity contribution in [3.05, 3.63) is 11.9 Å². The summed E-state index contributed by atoms with van der Waals surface area (Å²) in [5.74, 6) is 0.846. The van der Waals surface area contributed by atoms with Crippen LogP contribution in [0.5, 0.6) is 5.75 Å². The molecule has 110 valence electrons. The zero-order valence-corrected chi connectivity index (χ0v) is 12.8. The molecular weight excluding hydrogens is 242 g/mol. The van der Waals surface area contributed by atoms with Crippen molar-refractivity contribution in [2.45, 2.75) is 45.7 Å². The average Bonchev–Trinajstić information content (AvgIpc) is 2.83. The fourth-order valence-corrected chi connectivity index (χ4v) is 2.15. The minimum Gasteiger partial charge on any atom is -0.493 e. The molecule has 1 atom stereocenters. The van der Waals surface area contributed by atoms with E-state index in [0.29, 0.717) is 12.6 Å². The van der Waals surface area contributed by atoms with Gasteiger partial charge in [0.25, 0.3) is 0 Å². The quantitative estimate of drug-likeness (QED) is 0.748. The summed E-state index contributed by atoms with van der Waals surface area (Å²) in [6.07, 6.45) is 3.80. The number of nitrogens with zero attached hydrogens (tertiary/aromatic N) is 2. The molecule has 0 aromatic carbocycles. The molecule has 0 bridgehead atoms. The third kappa shape index (κ3) is 4.21. The zero-order valence-electron chi connectivity index (χ0n) is 12.8. The summed E-state index contributed by atoms with van der Waals surface area (Å²) >= 11 is 0. The molecule has 5 nitrogen and oxygen atoms in total. The summed E-state index contributed by atoms with van der Waals surface area (Å²) in [4.78, 5) is 0. The lowest BCUT2D eigenvalue weighted by molar-refractivity contribution is 0.180. The summed E-state index contributed by atoms with van der Waals surface area (Å²) in [6, 6.07) is 0.520. The molecule has 0 saturated carbocycles. The summed E-state index contributed by atoms with van der Waals surface area (Å²) < 4.78 is 12.7. The third-order valence-electron chi connectivity index (χ3n) is 3.09. The number of hydrogen-bond acceptors (Lipinski definition) is 4. The normalized spacial score (nSPS) is 12.9. The molecule has 1 N–H and O–H groups in total. The fraction of sp³-hybridized carbons (Fsp3) is 0.786. The van der Waals surface area contributed by atoms with Gasteiger partial charge in [0.2, 0.25) is 0 Å². The second-order valence-corrected chi connectivity index (χ2v) is 4.92. The summed E-state index contributed by atoms with van der Waals surface area (Å²) in [5, 5.41) is 7.99. The van der Waals surface area contributed by atoms with Crippen molar-refractivity contribution in [3.63, 3.8) is 0 Å². The molecule has 19 heavy (non-hydrogen) atoms. The van der Waals surface area contributed by atoms with Crippen molar-refractivity contribution in [1.82, 2.24) is 15.1 Å². The predicted molar refractivity (Wildman–Crippen MR) is 76.7 cm³/mol. The molecule has 5 heteroatoms. The van der Waals surface area contributed by atoms with Gasteiger partial charge in [-0.2, -0.15) is 5.10 Å². The first-order valence-electron chi connectivity index (χ1n) is 6.99. The van der Waals surface area contributed by atoms with Gasteiger partial charge in [0.1, 0.15) is 0 Å². The van der Waals surface area contributed by atoms with Crippen molar-refractivity contribution in [2.24, 2.45) is 0 Å². The van der Waals surface area contributed by atoms with E-state index in [0.717, 1.165) is 30.8 Å². The molecule has 1 aromatic rings. The Bertz CT molecular complexity index is 356. The lowest BCUT2D eigenvalue weighted by Gasteiger charge is -2.22. The van der Waals surface area contributed by atoms with Crippen LogP contribution in [0.4, 0.5) is 0 Å². The van der Waals surface area contributed by atoms with Gasteiger partial charge in [-0.1, -0.05) is 6.92 Å². The minimum absolute atomic E-state index is 0.208. The standard InChI is InChI=1S/C14H27N3O2/c1-6-8-15-12(7-9-18-4)14-13(19-5)10-16-17(14)11(2)3/h10-12,15H,6-9H2,1-5H3. The van der Waals surface area contributed by atoms with Crippen molar-refractivity contribution in [1.29, 1.82) is 0 Å². The van der Waals surface area contributed by atoms with E-state index < -0.39 is 0 Å². The molecule has 1 aromatic heterocycles. The topological polar surface area (TPSA) is 48.3 Å². The first kappa shape index (κ1) is 16.0. The van der Waals surface area contributed by atoms with Crippen LogP contribution in [0.3, 0.4) is 0 Å². The fourth-order valence-electron chi connectivity index (χ4n) is 2.15. The first-order valence-corrected chi connectivity index (χ1v) is 6.99. The van der Waals surface area contributed by atoms with Gasteiger partial charge in [0.15, 0.2) is 5.75 Å². The molecule has 0 aliphatic carbocycles. The van der Waals surface area contributed by atoms with Gasteiger partial charge in [0.05, 0.1) is 25.0 Å². The molecule has 0 amide bonds. The summed E-state index contributed by atoms with van der Waals surface area (Å²) in [6.45, 7) is 8.11. The Morgan fingerprint density at radius 2 is 2.11 bits per heavy atom. The number of nitrogens with one attached hydrogen (secondary N) is 1. The van der Waals surface area contributed by atoms with Crippen molar-refractivity contribution in [3.8, 4) is 5.75 Å². The van der Waals surface area contributed by atoms with E-state index in [1.54, 1.807) is 20.4 Å². The highest BCUT2D eigenvalue weighted by Crippen LogP contribution is 2.29. The second-order valence-electron chi connectivity index (χ2n) is 4.92. The third-order valence-corrected chi connectivity index (χ3v) is 3.09. The average molecular weight is 269 g/mol. The Kier molecular flexibility index (Phi) is 6.87. The maximum atomic E-state index is 5.45. The number of hydrogen-bond donors (Lipinski definition) is 1. The molecule has 0 aliphatic rings. The number of ether oxygens (including phenoxy) is 2. The maximum absolute atomic E-state index is 5.45. The van der Waals surface area contributed by atoms with Crippen LogP contribution in [0.25, 0.3) is 0 Å². The molecule has 0 saturated heterocycles. The van der Waals surface area contributed by atoms with Crippen LogP contribution >= 0.6 is 0 Å².